The molecule has 0 aliphatic heterocycles. The second kappa shape index (κ2) is 8.82. The minimum atomic E-state index is -0.704. The first-order valence-corrected chi connectivity index (χ1v) is 8.26. The van der Waals surface area contributed by atoms with Gasteiger partial charge in [0.25, 0.3) is 0 Å². The molecule has 128 valence electrons. The summed E-state index contributed by atoms with van der Waals surface area (Å²) in [7, 11) is 3.56. The van der Waals surface area contributed by atoms with E-state index in [2.05, 4.69) is 18.7 Å². The topological polar surface area (TPSA) is 23.6 Å². The molecule has 1 unspecified atom stereocenters. The number of hydrogen-bond donors (Lipinski definition) is 0. The number of carbonyl (C=O) groups is 1. The zero-order chi connectivity index (χ0) is 17.5. The summed E-state index contributed by atoms with van der Waals surface area (Å²) in [6.07, 6.45) is 5.81. The van der Waals surface area contributed by atoms with E-state index in [1.807, 2.05) is 19.1 Å². The normalized spacial score (nSPS) is 14.2. The predicted molar refractivity (Wildman–Crippen MR) is 94.7 cm³/mol. The summed E-state index contributed by atoms with van der Waals surface area (Å²) in [5.41, 5.74) is 0.182. The number of halogens is 1. The van der Waals surface area contributed by atoms with Crippen LogP contribution >= 0.6 is 0 Å². The lowest BCUT2D eigenvalue weighted by Crippen LogP contribution is -2.55. The Morgan fingerprint density at radius 3 is 2.09 bits per heavy atom. The van der Waals surface area contributed by atoms with Gasteiger partial charge in [-0.15, -0.1) is 0 Å². The molecule has 1 atom stereocenters. The van der Waals surface area contributed by atoms with Crippen LogP contribution in [-0.2, 0) is 4.79 Å². The molecule has 23 heavy (non-hydrogen) atoms. The van der Waals surface area contributed by atoms with Crippen molar-refractivity contribution in [3.63, 3.8) is 0 Å². The standard InChI is InChI=1S/C19H29FN2O/c1-6-14-22(15-7-2)19(3,18(23)21(4)5)13-12-16-8-10-17(20)11-9-16/h8-13H,6-7,14-15H2,1-5H3/b13-12+. The lowest BCUT2D eigenvalue weighted by molar-refractivity contribution is -0.138. The van der Waals surface area contributed by atoms with Crippen LogP contribution in [-0.4, -0.2) is 48.4 Å². The van der Waals surface area contributed by atoms with Gasteiger partial charge in [-0.2, -0.15) is 0 Å². The van der Waals surface area contributed by atoms with E-state index >= 15 is 0 Å². The molecule has 3 nitrogen and oxygen atoms in total. The quantitative estimate of drug-likeness (QED) is 0.727. The van der Waals surface area contributed by atoms with E-state index in [0.717, 1.165) is 31.5 Å². The molecule has 0 N–H and O–H groups in total. The van der Waals surface area contributed by atoms with Crippen LogP contribution in [0.15, 0.2) is 30.3 Å². The fourth-order valence-electron chi connectivity index (χ4n) is 2.71. The smallest absolute Gasteiger partial charge is 0.246 e. The summed E-state index contributed by atoms with van der Waals surface area (Å²) in [6.45, 7) is 7.91. The van der Waals surface area contributed by atoms with E-state index in [-0.39, 0.29) is 11.7 Å². The van der Waals surface area contributed by atoms with E-state index in [0.29, 0.717) is 0 Å². The summed E-state index contributed by atoms with van der Waals surface area (Å²) in [4.78, 5) is 16.7. The fraction of sp³-hybridized carbons (Fsp3) is 0.526. The van der Waals surface area contributed by atoms with Gasteiger partial charge in [0, 0.05) is 14.1 Å². The van der Waals surface area contributed by atoms with Crippen LogP contribution in [0.1, 0.15) is 39.2 Å². The number of carbonyl (C=O) groups excluding carboxylic acids is 1. The maximum atomic E-state index is 13.0. The monoisotopic (exact) mass is 320 g/mol. The molecule has 0 bridgehead atoms. The lowest BCUT2D eigenvalue weighted by Gasteiger charge is -2.39. The van der Waals surface area contributed by atoms with Crippen LogP contribution in [0.4, 0.5) is 4.39 Å². The lowest BCUT2D eigenvalue weighted by atomic mass is 9.95. The van der Waals surface area contributed by atoms with Gasteiger partial charge in [0.2, 0.25) is 5.91 Å². The molecule has 1 aromatic rings. The third-order valence-electron chi connectivity index (χ3n) is 3.95. The summed E-state index contributed by atoms with van der Waals surface area (Å²) < 4.78 is 13.0. The molecule has 0 aliphatic rings. The minimum absolute atomic E-state index is 0.0535. The van der Waals surface area contributed by atoms with Crippen LogP contribution in [0, 0.1) is 5.82 Å². The predicted octanol–water partition coefficient (Wildman–Crippen LogP) is 3.81. The second-order valence-electron chi connectivity index (χ2n) is 6.22. The van der Waals surface area contributed by atoms with Crippen LogP contribution < -0.4 is 0 Å². The highest BCUT2D eigenvalue weighted by atomic mass is 19.1. The summed E-state index contributed by atoms with van der Waals surface area (Å²) in [5, 5.41) is 0. The Morgan fingerprint density at radius 1 is 1.13 bits per heavy atom. The number of nitrogens with zero attached hydrogens (tertiary/aromatic N) is 2. The third-order valence-corrected chi connectivity index (χ3v) is 3.95. The minimum Gasteiger partial charge on any atom is -0.347 e. The maximum Gasteiger partial charge on any atom is 0.246 e. The molecule has 0 aliphatic carbocycles. The van der Waals surface area contributed by atoms with Crippen molar-refractivity contribution in [2.75, 3.05) is 27.2 Å². The van der Waals surface area contributed by atoms with Crippen molar-refractivity contribution < 1.29 is 9.18 Å². The van der Waals surface area contributed by atoms with Crippen molar-refractivity contribution in [1.82, 2.24) is 9.80 Å². The van der Waals surface area contributed by atoms with Gasteiger partial charge >= 0.3 is 0 Å². The molecule has 1 rings (SSSR count). The Kier molecular flexibility index (Phi) is 7.43. The number of rotatable bonds is 8. The highest BCUT2D eigenvalue weighted by Gasteiger charge is 2.37. The zero-order valence-electron chi connectivity index (χ0n) is 15.0. The van der Waals surface area contributed by atoms with Crippen molar-refractivity contribution in [1.29, 1.82) is 0 Å². The molecule has 0 fully saturated rings. The average molecular weight is 320 g/mol. The van der Waals surface area contributed by atoms with Gasteiger partial charge in [0.15, 0.2) is 0 Å². The Balaban J connectivity index is 3.16. The van der Waals surface area contributed by atoms with Crippen LogP contribution in [0.2, 0.25) is 0 Å². The van der Waals surface area contributed by atoms with Gasteiger partial charge in [-0.25, -0.2) is 4.39 Å². The Bertz CT molecular complexity index is 519. The second-order valence-corrected chi connectivity index (χ2v) is 6.22. The van der Waals surface area contributed by atoms with Crippen molar-refractivity contribution >= 4 is 12.0 Å². The first-order chi connectivity index (χ1) is 10.8. The summed E-state index contributed by atoms with van der Waals surface area (Å²) in [5.74, 6) is -0.203. The Labute approximate surface area is 139 Å². The maximum absolute atomic E-state index is 13.0. The molecule has 0 spiro atoms. The number of likely N-dealkylation sites (N-methyl/N-ethyl adjacent to an activating group) is 1. The molecular weight excluding hydrogens is 291 g/mol. The van der Waals surface area contributed by atoms with Crippen molar-refractivity contribution in [2.45, 2.75) is 39.2 Å². The molecule has 4 heteroatoms. The number of benzene rings is 1. The molecule has 0 saturated heterocycles. The van der Waals surface area contributed by atoms with Crippen molar-refractivity contribution in [3.8, 4) is 0 Å². The van der Waals surface area contributed by atoms with Crippen LogP contribution in [0.3, 0.4) is 0 Å². The Morgan fingerprint density at radius 2 is 1.65 bits per heavy atom. The van der Waals surface area contributed by atoms with Crippen LogP contribution in [0.5, 0.6) is 0 Å². The molecule has 0 radical (unpaired) electrons. The molecule has 0 heterocycles. The molecule has 1 aromatic carbocycles. The van der Waals surface area contributed by atoms with E-state index in [9.17, 15) is 9.18 Å². The molecular formula is C19H29FN2O. The van der Waals surface area contributed by atoms with E-state index in [1.165, 1.54) is 12.1 Å². The van der Waals surface area contributed by atoms with E-state index in [1.54, 1.807) is 31.1 Å². The summed E-state index contributed by atoms with van der Waals surface area (Å²) >= 11 is 0. The van der Waals surface area contributed by atoms with E-state index < -0.39 is 5.54 Å². The van der Waals surface area contributed by atoms with Gasteiger partial charge in [0.1, 0.15) is 11.4 Å². The number of amides is 1. The van der Waals surface area contributed by atoms with Crippen molar-refractivity contribution in [3.05, 3.63) is 41.7 Å². The van der Waals surface area contributed by atoms with Crippen LogP contribution in [0.25, 0.3) is 6.08 Å². The fourth-order valence-corrected chi connectivity index (χ4v) is 2.71. The largest absolute Gasteiger partial charge is 0.347 e. The molecule has 0 saturated carbocycles. The van der Waals surface area contributed by atoms with Gasteiger partial charge in [-0.05, 0) is 50.6 Å². The molecule has 1 amide bonds. The van der Waals surface area contributed by atoms with E-state index in [4.69, 9.17) is 0 Å². The first-order valence-electron chi connectivity index (χ1n) is 8.26. The summed E-state index contributed by atoms with van der Waals surface area (Å²) in [6, 6.07) is 6.30. The van der Waals surface area contributed by atoms with Crippen molar-refractivity contribution in [2.24, 2.45) is 0 Å². The SMILES string of the molecule is CCCN(CCC)C(C)(/C=C/c1ccc(F)cc1)C(=O)N(C)C. The highest BCUT2D eigenvalue weighted by Crippen LogP contribution is 2.22. The average Bonchev–Trinajstić information content (AvgIpc) is 2.53. The first kappa shape index (κ1) is 19.4. The highest BCUT2D eigenvalue weighted by molar-refractivity contribution is 5.89. The van der Waals surface area contributed by atoms with Gasteiger partial charge < -0.3 is 4.90 Å². The van der Waals surface area contributed by atoms with Gasteiger partial charge in [-0.1, -0.05) is 38.1 Å². The molecule has 0 aromatic heterocycles. The zero-order valence-corrected chi connectivity index (χ0v) is 15.0. The van der Waals surface area contributed by atoms with Gasteiger partial charge in [0.05, 0.1) is 0 Å². The third kappa shape index (κ3) is 5.17. The number of hydrogen-bond acceptors (Lipinski definition) is 2. The van der Waals surface area contributed by atoms with Gasteiger partial charge in [-0.3, -0.25) is 9.69 Å². The Hall–Kier alpha value is -1.68.